The normalized spacial score (nSPS) is 18.2. The molecule has 1 aromatic heterocycles. The largest absolute Gasteiger partial charge is 0.352 e. The molecule has 0 spiro atoms. The summed E-state index contributed by atoms with van der Waals surface area (Å²) in [4.78, 5) is 26.4. The number of hydrogen-bond donors (Lipinski definition) is 3. The lowest BCUT2D eigenvalue weighted by molar-refractivity contribution is -0.121. The first kappa shape index (κ1) is 14.8. The molecule has 110 valence electrons. The van der Waals surface area contributed by atoms with Crippen molar-refractivity contribution >= 4 is 5.91 Å². The fraction of sp³-hybridized carbons (Fsp3) is 0.600. The number of pyridine rings is 1. The van der Waals surface area contributed by atoms with Crippen molar-refractivity contribution in [2.45, 2.75) is 39.7 Å². The first-order valence-corrected chi connectivity index (χ1v) is 7.23. The van der Waals surface area contributed by atoms with Gasteiger partial charge in [0.15, 0.2) is 0 Å². The summed E-state index contributed by atoms with van der Waals surface area (Å²) in [5.74, 6) is 0.640. The Labute approximate surface area is 119 Å². The van der Waals surface area contributed by atoms with Crippen LogP contribution in [0.1, 0.15) is 36.1 Å². The Bertz CT molecular complexity index is 530. The van der Waals surface area contributed by atoms with E-state index < -0.39 is 0 Å². The van der Waals surface area contributed by atoms with Gasteiger partial charge in [0.05, 0.1) is 0 Å². The van der Waals surface area contributed by atoms with Gasteiger partial charge in [-0.1, -0.05) is 0 Å². The van der Waals surface area contributed by atoms with Crippen LogP contribution in [0.3, 0.4) is 0 Å². The number of H-pyrrole nitrogens is 1. The highest BCUT2D eigenvalue weighted by Gasteiger charge is 2.15. The number of aromatic amines is 1. The van der Waals surface area contributed by atoms with E-state index in [1.165, 1.54) is 0 Å². The minimum absolute atomic E-state index is 0.0243. The predicted molar refractivity (Wildman–Crippen MR) is 78.6 cm³/mol. The van der Waals surface area contributed by atoms with Crippen molar-refractivity contribution in [3.63, 3.8) is 0 Å². The van der Waals surface area contributed by atoms with Crippen molar-refractivity contribution in [1.29, 1.82) is 0 Å². The van der Waals surface area contributed by atoms with Crippen molar-refractivity contribution in [1.82, 2.24) is 15.6 Å². The average Bonchev–Trinajstić information content (AvgIpc) is 2.88. The summed E-state index contributed by atoms with van der Waals surface area (Å²) < 4.78 is 0. The van der Waals surface area contributed by atoms with E-state index in [1.807, 2.05) is 19.9 Å². The van der Waals surface area contributed by atoms with E-state index in [2.05, 4.69) is 15.6 Å². The molecular weight excluding hydrogens is 254 g/mol. The summed E-state index contributed by atoms with van der Waals surface area (Å²) in [6, 6.07) is 1.92. The molecule has 0 radical (unpaired) electrons. The van der Waals surface area contributed by atoms with Gasteiger partial charge in [0, 0.05) is 24.2 Å². The van der Waals surface area contributed by atoms with E-state index >= 15 is 0 Å². The van der Waals surface area contributed by atoms with Crippen molar-refractivity contribution in [2.24, 2.45) is 5.92 Å². The van der Waals surface area contributed by atoms with Gasteiger partial charge in [-0.3, -0.25) is 9.59 Å². The third kappa shape index (κ3) is 3.93. The van der Waals surface area contributed by atoms with Gasteiger partial charge in [-0.15, -0.1) is 0 Å². The maximum absolute atomic E-state index is 11.8. The quantitative estimate of drug-likeness (QED) is 0.751. The Morgan fingerprint density at radius 1 is 1.45 bits per heavy atom. The summed E-state index contributed by atoms with van der Waals surface area (Å²) in [6.07, 6.45) is 2.61. The number of carbonyl (C=O) groups excluding carboxylic acids is 1. The molecule has 1 saturated heterocycles. The molecule has 0 aromatic carbocycles. The van der Waals surface area contributed by atoms with E-state index in [1.54, 1.807) is 0 Å². The molecule has 1 aliphatic heterocycles. The number of aryl methyl sites for hydroxylation is 2. The lowest BCUT2D eigenvalue weighted by atomic mass is 10.0. The molecule has 3 N–H and O–H groups in total. The van der Waals surface area contributed by atoms with Gasteiger partial charge in [-0.2, -0.15) is 0 Å². The number of nitrogens with one attached hydrogen (secondary N) is 3. The second-order valence-electron chi connectivity index (χ2n) is 5.62. The second-order valence-corrected chi connectivity index (χ2v) is 5.62. The van der Waals surface area contributed by atoms with Crippen molar-refractivity contribution in [3.8, 4) is 0 Å². The Hall–Kier alpha value is -1.62. The highest BCUT2D eigenvalue weighted by Crippen LogP contribution is 2.14. The zero-order valence-corrected chi connectivity index (χ0v) is 12.2. The Morgan fingerprint density at radius 2 is 2.25 bits per heavy atom. The molecule has 1 amide bonds. The highest BCUT2D eigenvalue weighted by molar-refractivity contribution is 5.75. The number of rotatable bonds is 5. The second kappa shape index (κ2) is 6.70. The summed E-state index contributed by atoms with van der Waals surface area (Å²) in [7, 11) is 0. The van der Waals surface area contributed by atoms with Crippen LogP contribution in [-0.4, -0.2) is 24.0 Å². The maximum Gasteiger partial charge on any atom is 0.253 e. The molecule has 1 fully saturated rings. The molecule has 0 saturated carbocycles. The van der Waals surface area contributed by atoms with E-state index in [-0.39, 0.29) is 11.5 Å². The SMILES string of the molecule is Cc1cc(C)c(CNC(=O)CCC2CCNC2)c(=O)[nH]1. The third-order valence-electron chi connectivity index (χ3n) is 3.90. The molecule has 1 aromatic rings. The number of amides is 1. The van der Waals surface area contributed by atoms with Crippen LogP contribution in [-0.2, 0) is 11.3 Å². The molecular formula is C15H23N3O2. The first-order valence-electron chi connectivity index (χ1n) is 7.23. The van der Waals surface area contributed by atoms with Crippen LogP contribution >= 0.6 is 0 Å². The summed E-state index contributed by atoms with van der Waals surface area (Å²) in [5, 5.41) is 6.14. The average molecular weight is 277 g/mol. The zero-order valence-electron chi connectivity index (χ0n) is 12.2. The third-order valence-corrected chi connectivity index (χ3v) is 3.90. The minimum atomic E-state index is -0.109. The van der Waals surface area contributed by atoms with Crippen LogP contribution in [0.5, 0.6) is 0 Å². The van der Waals surface area contributed by atoms with Crippen molar-refractivity contribution < 1.29 is 4.79 Å². The van der Waals surface area contributed by atoms with Crippen molar-refractivity contribution in [3.05, 3.63) is 33.2 Å². The molecule has 0 bridgehead atoms. The van der Waals surface area contributed by atoms with Crippen LogP contribution in [0.25, 0.3) is 0 Å². The number of aromatic nitrogens is 1. The number of carbonyl (C=O) groups is 1. The van der Waals surface area contributed by atoms with Crippen LogP contribution in [0.4, 0.5) is 0 Å². The highest BCUT2D eigenvalue weighted by atomic mass is 16.1. The van der Waals surface area contributed by atoms with E-state index in [0.29, 0.717) is 24.4 Å². The molecule has 1 aliphatic rings. The lowest BCUT2D eigenvalue weighted by Gasteiger charge is -2.10. The van der Waals surface area contributed by atoms with Crippen LogP contribution in [0.15, 0.2) is 10.9 Å². The van der Waals surface area contributed by atoms with Gasteiger partial charge >= 0.3 is 0 Å². The Morgan fingerprint density at radius 3 is 2.90 bits per heavy atom. The van der Waals surface area contributed by atoms with Gasteiger partial charge in [-0.05, 0) is 57.3 Å². The molecule has 5 heteroatoms. The van der Waals surface area contributed by atoms with Gasteiger partial charge in [-0.25, -0.2) is 0 Å². The molecule has 0 aliphatic carbocycles. The standard InChI is InChI=1S/C15H23N3O2/c1-10-7-11(2)18-15(20)13(10)9-17-14(19)4-3-12-5-6-16-8-12/h7,12,16H,3-6,8-9H2,1-2H3,(H,17,19)(H,18,20). The van der Waals surface area contributed by atoms with Crippen LogP contribution in [0, 0.1) is 19.8 Å². The molecule has 1 unspecified atom stereocenters. The van der Waals surface area contributed by atoms with E-state index in [4.69, 9.17) is 0 Å². The number of hydrogen-bond acceptors (Lipinski definition) is 3. The zero-order chi connectivity index (χ0) is 14.5. The Balaban J connectivity index is 1.82. The molecule has 2 heterocycles. The Kier molecular flexibility index (Phi) is 4.95. The maximum atomic E-state index is 11.8. The smallest absolute Gasteiger partial charge is 0.253 e. The van der Waals surface area contributed by atoms with Crippen molar-refractivity contribution in [2.75, 3.05) is 13.1 Å². The van der Waals surface area contributed by atoms with E-state index in [0.717, 1.165) is 37.2 Å². The topological polar surface area (TPSA) is 74.0 Å². The predicted octanol–water partition coefficient (Wildman–Crippen LogP) is 0.998. The summed E-state index contributed by atoms with van der Waals surface area (Å²) >= 11 is 0. The first-order chi connectivity index (χ1) is 9.56. The van der Waals surface area contributed by atoms with E-state index in [9.17, 15) is 9.59 Å². The van der Waals surface area contributed by atoms with Crippen LogP contribution < -0.4 is 16.2 Å². The van der Waals surface area contributed by atoms with Gasteiger partial charge in [0.2, 0.25) is 5.91 Å². The van der Waals surface area contributed by atoms with Gasteiger partial charge in [0.1, 0.15) is 0 Å². The van der Waals surface area contributed by atoms with Crippen LogP contribution in [0.2, 0.25) is 0 Å². The lowest BCUT2D eigenvalue weighted by Crippen LogP contribution is -2.28. The summed E-state index contributed by atoms with van der Waals surface area (Å²) in [5.41, 5.74) is 2.30. The molecule has 5 nitrogen and oxygen atoms in total. The summed E-state index contributed by atoms with van der Waals surface area (Å²) in [6.45, 7) is 6.14. The molecule has 1 atom stereocenters. The van der Waals surface area contributed by atoms with Gasteiger partial charge < -0.3 is 15.6 Å². The minimum Gasteiger partial charge on any atom is -0.352 e. The van der Waals surface area contributed by atoms with Gasteiger partial charge in [0.25, 0.3) is 5.56 Å². The molecule has 20 heavy (non-hydrogen) atoms. The monoisotopic (exact) mass is 277 g/mol. The fourth-order valence-electron chi connectivity index (χ4n) is 2.67. The molecule has 2 rings (SSSR count). The fourth-order valence-corrected chi connectivity index (χ4v) is 2.67.